The molecule has 1 atom stereocenters. The van der Waals surface area contributed by atoms with Crippen LogP contribution in [0.1, 0.15) is 22.2 Å². The number of carbonyl (C=O) groups excluding carboxylic acids is 2. The van der Waals surface area contributed by atoms with Crippen LogP contribution >= 0.6 is 11.3 Å². The normalized spacial score (nSPS) is 11.8. The third kappa shape index (κ3) is 4.66. The molecule has 1 N–H and O–H groups in total. The van der Waals surface area contributed by atoms with Crippen LogP contribution in [0.3, 0.4) is 0 Å². The van der Waals surface area contributed by atoms with E-state index in [9.17, 15) is 9.59 Å². The molecule has 0 fully saturated rings. The molecule has 0 aliphatic rings. The van der Waals surface area contributed by atoms with Crippen LogP contribution in [0.15, 0.2) is 35.7 Å². The molecule has 1 heterocycles. The van der Waals surface area contributed by atoms with E-state index in [0.717, 1.165) is 16.7 Å². The third-order valence-electron chi connectivity index (χ3n) is 3.47. The van der Waals surface area contributed by atoms with E-state index in [4.69, 9.17) is 9.47 Å². The van der Waals surface area contributed by atoms with Crippen molar-refractivity contribution in [1.82, 2.24) is 5.32 Å². The summed E-state index contributed by atoms with van der Waals surface area (Å²) in [6.07, 6.45) is -0.859. The smallest absolute Gasteiger partial charge is 0.349 e. The van der Waals surface area contributed by atoms with Gasteiger partial charge in [0, 0.05) is 19.2 Å². The molecule has 1 aromatic carbocycles. The lowest BCUT2D eigenvalue weighted by molar-refractivity contribution is -0.129. The Hall–Kier alpha value is -2.18. The number of amides is 1. The number of esters is 1. The van der Waals surface area contributed by atoms with Gasteiger partial charge in [0.2, 0.25) is 0 Å². The molecule has 1 aromatic heterocycles. The van der Waals surface area contributed by atoms with Gasteiger partial charge in [-0.1, -0.05) is 29.8 Å². The van der Waals surface area contributed by atoms with Crippen LogP contribution in [0.2, 0.25) is 0 Å². The second kappa shape index (κ2) is 8.61. The standard InChI is InChI=1S/C18H21NO4S/c1-12-4-6-14(7-5-12)15-8-11-24-16(15)18(21)23-13(2)17(20)19-9-10-22-3/h4-8,11,13H,9-10H2,1-3H3,(H,19,20)/t13-/m0/s1. The Morgan fingerprint density at radius 1 is 1.21 bits per heavy atom. The first-order chi connectivity index (χ1) is 11.5. The largest absolute Gasteiger partial charge is 0.448 e. The van der Waals surface area contributed by atoms with Crippen molar-refractivity contribution < 1.29 is 19.1 Å². The van der Waals surface area contributed by atoms with Gasteiger partial charge in [0.05, 0.1) is 6.61 Å². The van der Waals surface area contributed by atoms with Gasteiger partial charge in [-0.2, -0.15) is 0 Å². The summed E-state index contributed by atoms with van der Waals surface area (Å²) >= 11 is 1.31. The number of thiophene rings is 1. The second-order valence-corrected chi connectivity index (χ2v) is 6.28. The van der Waals surface area contributed by atoms with E-state index in [1.807, 2.05) is 42.6 Å². The summed E-state index contributed by atoms with van der Waals surface area (Å²) < 4.78 is 10.2. The molecule has 0 unspecified atom stereocenters. The fraction of sp³-hybridized carbons (Fsp3) is 0.333. The fourth-order valence-corrected chi connectivity index (χ4v) is 2.91. The average Bonchev–Trinajstić information content (AvgIpc) is 3.05. The molecule has 24 heavy (non-hydrogen) atoms. The zero-order valence-corrected chi connectivity index (χ0v) is 14.8. The van der Waals surface area contributed by atoms with Crippen LogP contribution in [0.4, 0.5) is 0 Å². The highest BCUT2D eigenvalue weighted by Gasteiger charge is 2.22. The minimum atomic E-state index is -0.859. The quantitative estimate of drug-likeness (QED) is 0.618. The summed E-state index contributed by atoms with van der Waals surface area (Å²) in [5, 5.41) is 4.49. The summed E-state index contributed by atoms with van der Waals surface area (Å²) in [6.45, 7) is 4.36. The van der Waals surface area contributed by atoms with Gasteiger partial charge >= 0.3 is 5.97 Å². The summed E-state index contributed by atoms with van der Waals surface area (Å²) in [5.41, 5.74) is 2.92. The number of aryl methyl sites for hydroxylation is 1. The average molecular weight is 347 g/mol. The van der Waals surface area contributed by atoms with Crippen molar-refractivity contribution >= 4 is 23.2 Å². The zero-order chi connectivity index (χ0) is 17.5. The van der Waals surface area contributed by atoms with Crippen LogP contribution in [0.25, 0.3) is 11.1 Å². The summed E-state index contributed by atoms with van der Waals surface area (Å²) in [7, 11) is 1.55. The van der Waals surface area contributed by atoms with Gasteiger partial charge in [-0.15, -0.1) is 11.3 Å². The molecule has 0 radical (unpaired) electrons. The summed E-state index contributed by atoms with van der Waals surface area (Å²) in [6, 6.07) is 9.81. The van der Waals surface area contributed by atoms with Crippen LogP contribution in [0, 0.1) is 6.92 Å². The number of hydrogen-bond acceptors (Lipinski definition) is 5. The molecule has 1 amide bonds. The predicted molar refractivity (Wildman–Crippen MR) is 94.3 cm³/mol. The van der Waals surface area contributed by atoms with Crippen molar-refractivity contribution in [3.8, 4) is 11.1 Å². The summed E-state index contributed by atoms with van der Waals surface area (Å²) in [4.78, 5) is 24.8. The van der Waals surface area contributed by atoms with Gasteiger partial charge in [0.1, 0.15) is 4.88 Å². The van der Waals surface area contributed by atoms with E-state index in [1.54, 1.807) is 14.0 Å². The highest BCUT2D eigenvalue weighted by molar-refractivity contribution is 7.12. The number of nitrogens with one attached hydrogen (secondary N) is 1. The lowest BCUT2D eigenvalue weighted by Gasteiger charge is -2.13. The maximum absolute atomic E-state index is 12.4. The molecule has 0 aliphatic heterocycles. The van der Waals surface area contributed by atoms with E-state index in [1.165, 1.54) is 11.3 Å². The number of rotatable bonds is 7. The van der Waals surface area contributed by atoms with E-state index in [-0.39, 0.29) is 5.91 Å². The maximum atomic E-state index is 12.4. The number of methoxy groups -OCH3 is 1. The van der Waals surface area contributed by atoms with Gasteiger partial charge in [-0.3, -0.25) is 4.79 Å². The molecule has 128 valence electrons. The number of benzene rings is 1. The predicted octanol–water partition coefficient (Wildman–Crippen LogP) is 3.03. The van der Waals surface area contributed by atoms with E-state index < -0.39 is 12.1 Å². The minimum absolute atomic E-state index is 0.339. The lowest BCUT2D eigenvalue weighted by Crippen LogP contribution is -2.37. The zero-order valence-electron chi connectivity index (χ0n) is 14.0. The van der Waals surface area contributed by atoms with Crippen LogP contribution < -0.4 is 5.32 Å². The van der Waals surface area contributed by atoms with Gasteiger partial charge in [-0.25, -0.2) is 4.79 Å². The Morgan fingerprint density at radius 3 is 2.58 bits per heavy atom. The summed E-state index contributed by atoms with van der Waals surface area (Å²) in [5.74, 6) is -0.830. The molecule has 0 bridgehead atoms. The Morgan fingerprint density at radius 2 is 1.92 bits per heavy atom. The number of hydrogen-bond donors (Lipinski definition) is 1. The molecule has 6 heteroatoms. The molecule has 0 aliphatic carbocycles. The maximum Gasteiger partial charge on any atom is 0.349 e. The Kier molecular flexibility index (Phi) is 6.52. The number of carbonyl (C=O) groups is 2. The molecule has 0 spiro atoms. The Labute approximate surface area is 145 Å². The van der Waals surface area contributed by atoms with Gasteiger partial charge in [0.25, 0.3) is 5.91 Å². The van der Waals surface area contributed by atoms with Crippen molar-refractivity contribution in [2.75, 3.05) is 20.3 Å². The second-order valence-electron chi connectivity index (χ2n) is 5.36. The van der Waals surface area contributed by atoms with Crippen molar-refractivity contribution in [3.63, 3.8) is 0 Å². The van der Waals surface area contributed by atoms with Crippen molar-refractivity contribution in [2.24, 2.45) is 0 Å². The monoisotopic (exact) mass is 347 g/mol. The first-order valence-electron chi connectivity index (χ1n) is 7.65. The molecule has 0 saturated heterocycles. The van der Waals surface area contributed by atoms with Crippen LogP contribution in [-0.2, 0) is 14.3 Å². The Balaban J connectivity index is 2.04. The highest BCUT2D eigenvalue weighted by atomic mass is 32.1. The molecule has 2 rings (SSSR count). The highest BCUT2D eigenvalue weighted by Crippen LogP contribution is 2.29. The fourth-order valence-electron chi connectivity index (χ4n) is 2.12. The SMILES string of the molecule is COCCNC(=O)[C@H](C)OC(=O)c1sccc1-c1ccc(C)cc1. The first-order valence-corrected chi connectivity index (χ1v) is 8.53. The minimum Gasteiger partial charge on any atom is -0.448 e. The van der Waals surface area contributed by atoms with E-state index >= 15 is 0 Å². The van der Waals surface area contributed by atoms with Gasteiger partial charge in [0.15, 0.2) is 6.10 Å². The lowest BCUT2D eigenvalue weighted by atomic mass is 10.1. The van der Waals surface area contributed by atoms with Crippen LogP contribution in [-0.4, -0.2) is 38.2 Å². The molecular formula is C18H21NO4S. The van der Waals surface area contributed by atoms with Crippen molar-refractivity contribution in [2.45, 2.75) is 20.0 Å². The third-order valence-corrected chi connectivity index (χ3v) is 4.37. The first kappa shape index (κ1) is 18.2. The van der Waals surface area contributed by atoms with Crippen molar-refractivity contribution in [1.29, 1.82) is 0 Å². The van der Waals surface area contributed by atoms with Gasteiger partial charge < -0.3 is 14.8 Å². The van der Waals surface area contributed by atoms with E-state index in [0.29, 0.717) is 18.0 Å². The Bertz CT molecular complexity index is 693. The molecule has 5 nitrogen and oxygen atoms in total. The molecule has 0 saturated carbocycles. The molecule has 2 aromatic rings. The molecular weight excluding hydrogens is 326 g/mol. The van der Waals surface area contributed by atoms with Crippen LogP contribution in [0.5, 0.6) is 0 Å². The van der Waals surface area contributed by atoms with E-state index in [2.05, 4.69) is 5.32 Å². The van der Waals surface area contributed by atoms with Gasteiger partial charge in [-0.05, 0) is 30.9 Å². The van der Waals surface area contributed by atoms with Crippen molar-refractivity contribution in [3.05, 3.63) is 46.2 Å². The topological polar surface area (TPSA) is 64.6 Å². The number of ether oxygens (including phenoxy) is 2.